The fourth-order valence-electron chi connectivity index (χ4n) is 2.87. The lowest BCUT2D eigenvalue weighted by Crippen LogP contribution is -2.29. The van der Waals surface area contributed by atoms with Crippen LogP contribution in [0.4, 0.5) is 10.5 Å². The first kappa shape index (κ1) is 20.4. The molecule has 0 radical (unpaired) electrons. The summed E-state index contributed by atoms with van der Waals surface area (Å²) in [4.78, 5) is 23.3. The molecule has 0 saturated carbocycles. The van der Waals surface area contributed by atoms with Crippen LogP contribution in [0.5, 0.6) is 0 Å². The molecule has 7 nitrogen and oxygen atoms in total. The van der Waals surface area contributed by atoms with Gasteiger partial charge < -0.3 is 19.0 Å². The summed E-state index contributed by atoms with van der Waals surface area (Å²) in [5.74, 6) is -1.00. The van der Waals surface area contributed by atoms with Crippen molar-refractivity contribution in [3.8, 4) is 0 Å². The second-order valence-corrected chi connectivity index (χ2v) is 6.91. The summed E-state index contributed by atoms with van der Waals surface area (Å²) in [6.07, 6.45) is 0.192. The number of amides is 1. The number of ether oxygens (including phenoxy) is 2. The maximum atomic E-state index is 12.0. The van der Waals surface area contributed by atoms with Crippen molar-refractivity contribution in [2.45, 2.75) is 39.1 Å². The number of carboxylic acid groups (broad SMARTS) is 1. The van der Waals surface area contributed by atoms with Crippen LogP contribution in [0.3, 0.4) is 0 Å². The van der Waals surface area contributed by atoms with Gasteiger partial charge in [-0.05, 0) is 55.3 Å². The van der Waals surface area contributed by atoms with Gasteiger partial charge >= 0.3 is 12.1 Å². The Labute approximate surface area is 168 Å². The zero-order valence-corrected chi connectivity index (χ0v) is 16.3. The number of carboxylic acids is 1. The number of aliphatic carboxylic acids is 1. The van der Waals surface area contributed by atoms with Crippen LogP contribution in [0.15, 0.2) is 59.2 Å². The van der Waals surface area contributed by atoms with Crippen molar-refractivity contribution in [1.29, 1.82) is 0 Å². The molecule has 0 saturated heterocycles. The monoisotopic (exact) mass is 397 g/mol. The Bertz CT molecular complexity index is 976. The Hall–Kier alpha value is -3.32. The fourth-order valence-corrected chi connectivity index (χ4v) is 2.87. The third kappa shape index (κ3) is 5.83. The largest absolute Gasteiger partial charge is 0.479 e. The van der Waals surface area contributed by atoms with E-state index in [0.29, 0.717) is 5.69 Å². The molecule has 0 spiro atoms. The fraction of sp³-hybridized carbons (Fsp3) is 0.273. The molecule has 1 atom stereocenters. The predicted molar refractivity (Wildman–Crippen MR) is 108 cm³/mol. The number of rotatable bonds is 8. The van der Waals surface area contributed by atoms with E-state index in [1.54, 1.807) is 44.4 Å². The molecule has 3 rings (SSSR count). The highest BCUT2D eigenvalue weighted by molar-refractivity contribution is 5.84. The molecule has 1 aromatic heterocycles. The first-order valence-corrected chi connectivity index (χ1v) is 9.28. The molecule has 0 aliphatic rings. The Kier molecular flexibility index (Phi) is 6.51. The van der Waals surface area contributed by atoms with Gasteiger partial charge in [0.2, 0.25) is 0 Å². The molecule has 1 unspecified atom stereocenters. The Morgan fingerprint density at radius 3 is 2.48 bits per heavy atom. The zero-order valence-electron chi connectivity index (χ0n) is 16.3. The van der Waals surface area contributed by atoms with E-state index in [4.69, 9.17) is 13.9 Å². The van der Waals surface area contributed by atoms with Crippen molar-refractivity contribution in [3.63, 3.8) is 0 Å². The summed E-state index contributed by atoms with van der Waals surface area (Å²) >= 11 is 0. The zero-order chi connectivity index (χ0) is 20.8. The predicted octanol–water partition coefficient (Wildman–Crippen LogP) is 4.60. The maximum Gasteiger partial charge on any atom is 0.411 e. The average molecular weight is 397 g/mol. The van der Waals surface area contributed by atoms with Crippen molar-refractivity contribution < 1.29 is 28.6 Å². The molecule has 0 aliphatic heterocycles. The highest BCUT2D eigenvalue weighted by Crippen LogP contribution is 2.18. The molecule has 0 aliphatic carbocycles. The van der Waals surface area contributed by atoms with Crippen LogP contribution >= 0.6 is 0 Å². The Balaban J connectivity index is 1.51. The van der Waals surface area contributed by atoms with Gasteiger partial charge in [0.15, 0.2) is 6.10 Å². The highest BCUT2D eigenvalue weighted by Gasteiger charge is 2.20. The van der Waals surface area contributed by atoms with Gasteiger partial charge in [0.05, 0.1) is 12.4 Å². The first-order valence-electron chi connectivity index (χ1n) is 9.28. The van der Waals surface area contributed by atoms with Crippen LogP contribution in [0.1, 0.15) is 25.0 Å². The second-order valence-electron chi connectivity index (χ2n) is 6.91. The molecule has 2 N–H and O–H groups in total. The summed E-state index contributed by atoms with van der Waals surface area (Å²) < 4.78 is 15.9. The minimum Gasteiger partial charge on any atom is -0.479 e. The van der Waals surface area contributed by atoms with E-state index in [0.717, 1.165) is 22.1 Å². The van der Waals surface area contributed by atoms with Crippen molar-refractivity contribution in [3.05, 3.63) is 65.9 Å². The number of benzene rings is 2. The molecule has 3 aromatic rings. The molecule has 0 bridgehead atoms. The van der Waals surface area contributed by atoms with Crippen LogP contribution in [-0.4, -0.2) is 29.4 Å². The molecule has 0 fully saturated rings. The number of fused-ring (bicyclic) bond motifs is 1. The van der Waals surface area contributed by atoms with E-state index in [1.807, 2.05) is 24.3 Å². The van der Waals surface area contributed by atoms with Crippen LogP contribution in [-0.2, 0) is 27.3 Å². The normalized spacial score (nSPS) is 12.1. The van der Waals surface area contributed by atoms with E-state index in [-0.39, 0.29) is 19.1 Å². The van der Waals surface area contributed by atoms with Crippen molar-refractivity contribution in [1.82, 2.24) is 0 Å². The minimum atomic E-state index is -1.00. The number of hydrogen-bond donors (Lipinski definition) is 2. The lowest BCUT2D eigenvalue weighted by atomic mass is 10.1. The van der Waals surface area contributed by atoms with Gasteiger partial charge in [-0.2, -0.15) is 0 Å². The SMILES string of the molecule is CC(C)OC(Cc1ccc(NC(=O)OCc2ccc3occc3c2)cc1)C(=O)O. The first-order chi connectivity index (χ1) is 13.9. The molecule has 7 heteroatoms. The van der Waals surface area contributed by atoms with Gasteiger partial charge in [-0.15, -0.1) is 0 Å². The highest BCUT2D eigenvalue weighted by atomic mass is 16.5. The summed E-state index contributed by atoms with van der Waals surface area (Å²) in [5.41, 5.74) is 2.99. The third-order valence-electron chi connectivity index (χ3n) is 4.22. The van der Waals surface area contributed by atoms with Gasteiger partial charge in [-0.25, -0.2) is 9.59 Å². The maximum absolute atomic E-state index is 12.0. The average Bonchev–Trinajstić information content (AvgIpc) is 3.15. The second kappa shape index (κ2) is 9.25. The third-order valence-corrected chi connectivity index (χ3v) is 4.22. The van der Waals surface area contributed by atoms with E-state index >= 15 is 0 Å². The van der Waals surface area contributed by atoms with Crippen molar-refractivity contribution in [2.24, 2.45) is 0 Å². The number of hydrogen-bond acceptors (Lipinski definition) is 5. The van der Waals surface area contributed by atoms with Gasteiger partial charge in [-0.1, -0.05) is 18.2 Å². The van der Waals surface area contributed by atoms with Gasteiger partial charge in [-0.3, -0.25) is 5.32 Å². The number of carbonyl (C=O) groups is 2. The number of carbonyl (C=O) groups excluding carboxylic acids is 1. The standard InChI is InChI=1S/C22H23NO6/c1-14(2)29-20(21(24)25)12-15-3-6-18(7-4-15)23-22(26)28-13-16-5-8-19-17(11-16)9-10-27-19/h3-11,14,20H,12-13H2,1-2H3,(H,23,26)(H,24,25). The number of furan rings is 1. The number of nitrogens with one attached hydrogen (secondary N) is 1. The van der Waals surface area contributed by atoms with Crippen molar-refractivity contribution in [2.75, 3.05) is 5.32 Å². The Morgan fingerprint density at radius 2 is 1.79 bits per heavy atom. The molecular weight excluding hydrogens is 374 g/mol. The van der Waals surface area contributed by atoms with Crippen LogP contribution < -0.4 is 5.32 Å². The molecule has 1 amide bonds. The molecule has 1 heterocycles. The summed E-state index contributed by atoms with van der Waals surface area (Å²) in [6.45, 7) is 3.72. The molecule has 152 valence electrons. The number of anilines is 1. The smallest absolute Gasteiger partial charge is 0.411 e. The molecule has 2 aromatic carbocycles. The van der Waals surface area contributed by atoms with E-state index in [1.165, 1.54) is 0 Å². The molecule has 29 heavy (non-hydrogen) atoms. The van der Waals surface area contributed by atoms with E-state index in [9.17, 15) is 14.7 Å². The van der Waals surface area contributed by atoms with Crippen molar-refractivity contribution >= 4 is 28.7 Å². The van der Waals surface area contributed by atoms with E-state index in [2.05, 4.69) is 5.32 Å². The van der Waals surface area contributed by atoms with E-state index < -0.39 is 18.2 Å². The quantitative estimate of drug-likeness (QED) is 0.576. The summed E-state index contributed by atoms with van der Waals surface area (Å²) in [7, 11) is 0. The summed E-state index contributed by atoms with van der Waals surface area (Å²) in [5, 5.41) is 12.9. The van der Waals surface area contributed by atoms with Gasteiger partial charge in [0.1, 0.15) is 12.2 Å². The molecular formula is C22H23NO6. The lowest BCUT2D eigenvalue weighted by molar-refractivity contribution is -0.153. The topological polar surface area (TPSA) is 98.0 Å². The Morgan fingerprint density at radius 1 is 1.07 bits per heavy atom. The van der Waals surface area contributed by atoms with Crippen LogP contribution in [0.25, 0.3) is 11.0 Å². The van der Waals surface area contributed by atoms with Gasteiger partial charge in [0, 0.05) is 17.5 Å². The van der Waals surface area contributed by atoms with Crippen LogP contribution in [0, 0.1) is 0 Å². The lowest BCUT2D eigenvalue weighted by Gasteiger charge is -2.16. The summed E-state index contributed by atoms with van der Waals surface area (Å²) in [6, 6.07) is 14.3. The minimum absolute atomic E-state index is 0.137. The van der Waals surface area contributed by atoms with Crippen LogP contribution in [0.2, 0.25) is 0 Å². The van der Waals surface area contributed by atoms with Gasteiger partial charge in [0.25, 0.3) is 0 Å².